The van der Waals surface area contributed by atoms with Gasteiger partial charge in [-0.05, 0) is 38.1 Å². The first-order valence-electron chi connectivity index (χ1n) is 10.3. The number of nitrogens with zero attached hydrogens (tertiary/aromatic N) is 4. The fraction of sp³-hybridized carbons (Fsp3) is 0.318. The number of carbonyl (C=O) groups excluding carboxylic acids is 1. The number of benzene rings is 1. The Hall–Kier alpha value is -3.18. The minimum atomic E-state index is -4.48. The van der Waals surface area contributed by atoms with Crippen molar-refractivity contribution in [2.24, 2.45) is 0 Å². The monoisotopic (exact) mass is 475 g/mol. The Labute approximate surface area is 191 Å². The minimum absolute atomic E-state index is 0.285. The smallest absolute Gasteiger partial charge is 0.389 e. The molecule has 0 radical (unpaired) electrons. The number of rotatable bonds is 2. The van der Waals surface area contributed by atoms with Gasteiger partial charge >= 0.3 is 12.2 Å². The summed E-state index contributed by atoms with van der Waals surface area (Å²) in [5.74, 6) is 0.292. The van der Waals surface area contributed by atoms with E-state index in [1.54, 1.807) is 18.2 Å². The van der Waals surface area contributed by atoms with Gasteiger partial charge in [0, 0.05) is 23.5 Å². The molecule has 2 aromatic heterocycles. The lowest BCUT2D eigenvalue weighted by Gasteiger charge is -2.35. The molecule has 2 N–H and O–H groups in total. The van der Waals surface area contributed by atoms with E-state index in [0.717, 1.165) is 22.7 Å². The van der Waals surface area contributed by atoms with E-state index < -0.39 is 29.9 Å². The molecule has 0 spiro atoms. The van der Waals surface area contributed by atoms with Crippen LogP contribution in [-0.4, -0.2) is 46.3 Å². The Kier molecular flexibility index (Phi) is 5.05. The molecular formula is C22H20F3N5O2S. The summed E-state index contributed by atoms with van der Waals surface area (Å²) in [5, 5.41) is 13.8. The van der Waals surface area contributed by atoms with Gasteiger partial charge in [-0.3, -0.25) is 10.2 Å². The molecule has 2 amide bonds. The third kappa shape index (κ3) is 3.80. The number of anilines is 3. The van der Waals surface area contributed by atoms with Crippen molar-refractivity contribution in [3.63, 3.8) is 0 Å². The van der Waals surface area contributed by atoms with Crippen LogP contribution in [0.25, 0.3) is 11.3 Å². The number of urea groups is 1. The second kappa shape index (κ2) is 7.70. The molecule has 0 saturated carbocycles. The average Bonchev–Trinajstić information content (AvgIpc) is 3.26. The molecule has 0 unspecified atom stereocenters. The summed E-state index contributed by atoms with van der Waals surface area (Å²) in [5.41, 5.74) is 1.26. The molecular weight excluding hydrogens is 455 g/mol. The number of hydrogen-bond donors (Lipinski definition) is 2. The second-order valence-electron chi connectivity index (χ2n) is 8.12. The third-order valence-electron chi connectivity index (χ3n) is 5.96. The lowest BCUT2D eigenvalue weighted by Crippen LogP contribution is -2.51. The topological polar surface area (TPSA) is 81.6 Å². The van der Waals surface area contributed by atoms with Crippen LogP contribution in [0.5, 0.6) is 0 Å². The van der Waals surface area contributed by atoms with Gasteiger partial charge in [-0.15, -0.1) is 11.3 Å². The quantitative estimate of drug-likeness (QED) is 0.573. The van der Waals surface area contributed by atoms with Crippen molar-refractivity contribution in [1.82, 2.24) is 9.97 Å². The van der Waals surface area contributed by atoms with Crippen molar-refractivity contribution in [1.29, 1.82) is 0 Å². The summed E-state index contributed by atoms with van der Waals surface area (Å²) in [7, 11) is 0. The number of hydrogen-bond acceptors (Lipinski definition) is 6. The molecule has 0 aliphatic carbocycles. The maximum atomic E-state index is 13.3. The van der Waals surface area contributed by atoms with Crippen molar-refractivity contribution < 1.29 is 23.1 Å². The Morgan fingerprint density at radius 3 is 2.67 bits per heavy atom. The van der Waals surface area contributed by atoms with Crippen LogP contribution in [-0.2, 0) is 6.18 Å². The van der Waals surface area contributed by atoms with E-state index in [0.29, 0.717) is 35.4 Å². The van der Waals surface area contributed by atoms with Crippen molar-refractivity contribution in [3.05, 3.63) is 52.5 Å². The van der Waals surface area contributed by atoms with Gasteiger partial charge in [0.15, 0.2) is 10.9 Å². The molecule has 5 rings (SSSR count). The molecule has 2 aliphatic rings. The van der Waals surface area contributed by atoms with Gasteiger partial charge in [0.05, 0.1) is 34.8 Å². The van der Waals surface area contributed by atoms with Gasteiger partial charge < -0.3 is 10.0 Å². The number of thiazole rings is 1. The minimum Gasteiger partial charge on any atom is -0.389 e. The predicted octanol–water partition coefficient (Wildman–Crippen LogP) is 4.44. The number of aryl methyl sites for hydroxylation is 2. The number of aromatic nitrogens is 2. The van der Waals surface area contributed by atoms with Crippen molar-refractivity contribution in [3.8, 4) is 11.3 Å². The van der Waals surface area contributed by atoms with E-state index in [-0.39, 0.29) is 5.56 Å². The first-order valence-corrected chi connectivity index (χ1v) is 11.1. The van der Waals surface area contributed by atoms with E-state index in [2.05, 4.69) is 15.3 Å². The van der Waals surface area contributed by atoms with Crippen LogP contribution in [0.3, 0.4) is 0 Å². The third-order valence-corrected chi connectivity index (χ3v) is 6.95. The molecule has 1 aromatic carbocycles. The number of amides is 2. The summed E-state index contributed by atoms with van der Waals surface area (Å²) in [4.78, 5) is 26.5. The van der Waals surface area contributed by atoms with Gasteiger partial charge in [0.2, 0.25) is 0 Å². The maximum absolute atomic E-state index is 13.3. The molecule has 172 valence electrons. The van der Waals surface area contributed by atoms with Crippen molar-refractivity contribution in [2.45, 2.75) is 32.2 Å². The molecule has 2 bridgehead atoms. The predicted molar refractivity (Wildman–Crippen MR) is 120 cm³/mol. The van der Waals surface area contributed by atoms with Crippen LogP contribution in [0.15, 0.2) is 36.4 Å². The standard InChI is InChI=1S/C22H20F3N5O2S/c1-11-12(2)33-20(26-11)28-21(32)30-17-9-29(10-18(17)31)16-7-6-15(27-19(16)30)13-4-3-5-14(8-13)22(23,24)25/h3-8,17-18,31H,9-10H2,1-2H3,(H,26,28,32)/t17-,18-/m1/s1. The fourth-order valence-electron chi connectivity index (χ4n) is 4.18. The highest BCUT2D eigenvalue weighted by Gasteiger charge is 2.45. The Balaban J connectivity index is 1.55. The lowest BCUT2D eigenvalue weighted by atomic mass is 10.1. The summed E-state index contributed by atoms with van der Waals surface area (Å²) in [6, 6.07) is 7.23. The number of fused-ring (bicyclic) bond motifs is 4. The number of aliphatic hydroxyl groups is 1. The lowest BCUT2D eigenvalue weighted by molar-refractivity contribution is -0.137. The largest absolute Gasteiger partial charge is 0.416 e. The van der Waals surface area contributed by atoms with Crippen LogP contribution in [0.1, 0.15) is 16.1 Å². The SMILES string of the molecule is Cc1nc(NC(=O)N2c3nc(-c4cccc(C(F)(F)F)c4)ccc3N3C[C@@H](O)[C@H]2C3)sc1C. The normalized spacial score (nSPS) is 19.6. The molecule has 11 heteroatoms. The maximum Gasteiger partial charge on any atom is 0.416 e. The Morgan fingerprint density at radius 1 is 1.18 bits per heavy atom. The number of alkyl halides is 3. The fourth-order valence-corrected chi connectivity index (χ4v) is 4.99. The van der Waals surface area contributed by atoms with E-state index in [4.69, 9.17) is 0 Å². The van der Waals surface area contributed by atoms with Crippen LogP contribution >= 0.6 is 11.3 Å². The van der Waals surface area contributed by atoms with Gasteiger partial charge in [0.1, 0.15) is 0 Å². The summed E-state index contributed by atoms with van der Waals surface area (Å²) >= 11 is 1.34. The second-order valence-corrected chi connectivity index (χ2v) is 9.32. The first-order chi connectivity index (χ1) is 15.6. The van der Waals surface area contributed by atoms with E-state index in [1.807, 2.05) is 18.7 Å². The number of halogens is 3. The molecule has 33 heavy (non-hydrogen) atoms. The molecule has 2 aliphatic heterocycles. The number of nitrogens with one attached hydrogen (secondary N) is 1. The molecule has 2 atom stereocenters. The van der Waals surface area contributed by atoms with Gasteiger partial charge in [-0.25, -0.2) is 14.8 Å². The first kappa shape index (κ1) is 21.7. The Morgan fingerprint density at radius 2 is 1.97 bits per heavy atom. The van der Waals surface area contributed by atoms with E-state index in [1.165, 1.54) is 22.3 Å². The molecule has 3 aromatic rings. The average molecular weight is 475 g/mol. The zero-order valence-electron chi connectivity index (χ0n) is 17.7. The van der Waals surface area contributed by atoms with E-state index in [9.17, 15) is 23.1 Å². The number of aliphatic hydroxyl groups excluding tert-OH is 1. The molecule has 4 heterocycles. The van der Waals surface area contributed by atoms with Gasteiger partial charge in [0.25, 0.3) is 0 Å². The highest BCUT2D eigenvalue weighted by Crippen LogP contribution is 2.41. The van der Waals surface area contributed by atoms with Crippen molar-refractivity contribution >= 4 is 34.0 Å². The van der Waals surface area contributed by atoms with Crippen LogP contribution in [0.4, 0.5) is 34.6 Å². The highest BCUT2D eigenvalue weighted by molar-refractivity contribution is 7.15. The highest BCUT2D eigenvalue weighted by atomic mass is 32.1. The molecule has 1 fully saturated rings. The molecule has 1 saturated heterocycles. The number of carbonyl (C=O) groups is 1. The summed E-state index contributed by atoms with van der Waals surface area (Å²) in [6.45, 7) is 4.52. The molecule has 7 nitrogen and oxygen atoms in total. The summed E-state index contributed by atoms with van der Waals surface area (Å²) < 4.78 is 39.6. The van der Waals surface area contributed by atoms with Gasteiger partial charge in [-0.2, -0.15) is 13.2 Å². The van der Waals surface area contributed by atoms with Crippen LogP contribution < -0.4 is 15.1 Å². The number of pyridine rings is 1. The zero-order valence-corrected chi connectivity index (χ0v) is 18.5. The van der Waals surface area contributed by atoms with Crippen LogP contribution in [0.2, 0.25) is 0 Å². The Bertz CT molecular complexity index is 1230. The van der Waals surface area contributed by atoms with Gasteiger partial charge in [-0.1, -0.05) is 12.1 Å². The zero-order chi connectivity index (χ0) is 23.5. The summed E-state index contributed by atoms with van der Waals surface area (Å²) in [6.07, 6.45) is -5.27. The van der Waals surface area contributed by atoms with Crippen LogP contribution in [0, 0.1) is 13.8 Å². The van der Waals surface area contributed by atoms with Crippen molar-refractivity contribution in [2.75, 3.05) is 28.2 Å². The van der Waals surface area contributed by atoms with E-state index >= 15 is 0 Å².